The molecule has 0 bridgehead atoms. The van der Waals surface area contributed by atoms with Crippen LogP contribution >= 0.6 is 0 Å². The highest BCUT2D eigenvalue weighted by atomic mass is 16.3. The summed E-state index contributed by atoms with van der Waals surface area (Å²) in [5, 5.41) is 11.5. The van der Waals surface area contributed by atoms with Crippen molar-refractivity contribution < 1.29 is 14.7 Å². The van der Waals surface area contributed by atoms with Gasteiger partial charge in [-0.05, 0) is 70.9 Å². The first-order valence-electron chi connectivity index (χ1n) is 10.3. The number of nitrogens with zero attached hydrogens (tertiary/aromatic N) is 4. The maximum Gasteiger partial charge on any atom is 0.274 e. The molecule has 1 aromatic rings. The standard InChI is InChI=1S/C24H26N4O3/c1-27(2)12-10-14-20-17(6-5-7-18(20)29)25-22(14)16-8-9-19(30)21-15(11-13-28(3)4)24(31)26-23(16)21/h5-9,30H,10-13H2,1-4H3. The molecule has 1 aromatic carbocycles. The Morgan fingerprint density at radius 2 is 1.61 bits per heavy atom. The second-order valence-electron chi connectivity index (χ2n) is 8.45. The topological polar surface area (TPSA) is 85.6 Å². The fourth-order valence-electron chi connectivity index (χ4n) is 4.05. The van der Waals surface area contributed by atoms with E-state index in [9.17, 15) is 14.7 Å². The van der Waals surface area contributed by atoms with Gasteiger partial charge in [-0.15, -0.1) is 0 Å². The normalized spacial score (nSPS) is 17.4. The van der Waals surface area contributed by atoms with Crippen molar-refractivity contribution in [2.45, 2.75) is 12.8 Å². The van der Waals surface area contributed by atoms with Crippen LogP contribution in [-0.4, -0.2) is 73.6 Å². The summed E-state index contributed by atoms with van der Waals surface area (Å²) in [7, 11) is 7.83. The van der Waals surface area contributed by atoms with Crippen molar-refractivity contribution in [2.75, 3.05) is 41.3 Å². The lowest BCUT2D eigenvalue weighted by Crippen LogP contribution is -2.31. The van der Waals surface area contributed by atoms with E-state index in [0.29, 0.717) is 58.1 Å². The van der Waals surface area contributed by atoms with E-state index >= 15 is 0 Å². The maximum atomic E-state index is 12.7. The van der Waals surface area contributed by atoms with Crippen molar-refractivity contribution in [2.24, 2.45) is 9.98 Å². The van der Waals surface area contributed by atoms with Gasteiger partial charge < -0.3 is 14.9 Å². The number of carbonyl (C=O) groups excluding carboxylic acids is 2. The third-order valence-electron chi connectivity index (χ3n) is 5.63. The van der Waals surface area contributed by atoms with Crippen LogP contribution < -0.4 is 10.6 Å². The van der Waals surface area contributed by atoms with Gasteiger partial charge in [0.2, 0.25) is 0 Å². The number of hydrogen-bond donors (Lipinski definition) is 1. The molecule has 0 atom stereocenters. The van der Waals surface area contributed by atoms with Crippen LogP contribution in [0.4, 0.5) is 0 Å². The minimum Gasteiger partial charge on any atom is -0.507 e. The fourth-order valence-corrected chi connectivity index (χ4v) is 4.05. The smallest absolute Gasteiger partial charge is 0.274 e. The van der Waals surface area contributed by atoms with Crippen LogP contribution in [0.25, 0.3) is 5.57 Å². The third-order valence-corrected chi connectivity index (χ3v) is 5.63. The van der Waals surface area contributed by atoms with E-state index in [4.69, 9.17) is 4.99 Å². The maximum absolute atomic E-state index is 12.7. The second kappa shape index (κ2) is 8.17. The Balaban J connectivity index is 1.89. The number of aliphatic imine (C=N–C) groups is 1. The number of phenols is 1. The van der Waals surface area contributed by atoms with Gasteiger partial charge in [-0.25, -0.2) is 9.98 Å². The highest BCUT2D eigenvalue weighted by molar-refractivity contribution is 6.25. The monoisotopic (exact) mass is 418 g/mol. The number of hydrogen-bond acceptors (Lipinski definition) is 6. The van der Waals surface area contributed by atoms with Crippen LogP contribution in [-0.2, 0) is 9.59 Å². The Hall–Kier alpha value is -3.16. The molecule has 2 heterocycles. The van der Waals surface area contributed by atoms with E-state index in [1.54, 1.807) is 24.3 Å². The summed E-state index contributed by atoms with van der Waals surface area (Å²) in [6, 6.07) is 3.33. The van der Waals surface area contributed by atoms with Crippen LogP contribution in [0.5, 0.6) is 5.75 Å². The predicted octanol–water partition coefficient (Wildman–Crippen LogP) is 0.728. The van der Waals surface area contributed by atoms with Gasteiger partial charge in [0.25, 0.3) is 5.91 Å². The molecule has 1 aliphatic carbocycles. The summed E-state index contributed by atoms with van der Waals surface area (Å²) < 4.78 is 0. The van der Waals surface area contributed by atoms with Crippen molar-refractivity contribution in [1.29, 1.82) is 0 Å². The van der Waals surface area contributed by atoms with Gasteiger partial charge in [0.15, 0.2) is 5.78 Å². The minimum atomic E-state index is -0.324. The zero-order valence-corrected chi connectivity index (χ0v) is 18.3. The Kier molecular flexibility index (Phi) is 5.56. The summed E-state index contributed by atoms with van der Waals surface area (Å²) in [6.45, 7) is 1.42. The van der Waals surface area contributed by atoms with E-state index in [1.807, 2.05) is 39.2 Å². The van der Waals surface area contributed by atoms with Gasteiger partial charge in [0, 0.05) is 24.2 Å². The number of ketones is 1. The summed E-state index contributed by atoms with van der Waals surface area (Å²) in [5.74, 6) is -0.348. The van der Waals surface area contributed by atoms with Gasteiger partial charge in [0.1, 0.15) is 5.75 Å². The quantitative estimate of drug-likeness (QED) is 0.706. The molecule has 160 valence electrons. The third kappa shape index (κ3) is 3.82. The first-order chi connectivity index (χ1) is 14.8. The van der Waals surface area contributed by atoms with Crippen LogP contribution in [0.3, 0.4) is 0 Å². The minimum absolute atomic E-state index is 0.0394. The van der Waals surface area contributed by atoms with Crippen LogP contribution in [0.1, 0.15) is 18.4 Å². The molecule has 0 aromatic heterocycles. The number of benzene rings is 1. The predicted molar refractivity (Wildman–Crippen MR) is 119 cm³/mol. The van der Waals surface area contributed by atoms with Gasteiger partial charge in [0.05, 0.1) is 27.6 Å². The highest BCUT2D eigenvalue weighted by Crippen LogP contribution is 2.33. The number of fused-ring (bicyclic) bond motifs is 2. The number of amides is 1. The molecule has 1 N–H and O–H groups in total. The van der Waals surface area contributed by atoms with Gasteiger partial charge in [-0.2, -0.15) is 0 Å². The number of rotatable bonds is 7. The molecule has 7 heteroatoms. The summed E-state index contributed by atoms with van der Waals surface area (Å²) >= 11 is 0. The first kappa shape index (κ1) is 21.1. The fraction of sp³-hybridized carbons (Fsp3) is 0.333. The van der Waals surface area contributed by atoms with Crippen molar-refractivity contribution in [3.63, 3.8) is 0 Å². The van der Waals surface area contributed by atoms with Crippen molar-refractivity contribution in [3.8, 4) is 5.75 Å². The van der Waals surface area contributed by atoms with E-state index < -0.39 is 0 Å². The van der Waals surface area contributed by atoms with E-state index in [1.165, 1.54) is 0 Å². The molecule has 0 saturated heterocycles. The Labute approximate surface area is 181 Å². The van der Waals surface area contributed by atoms with Gasteiger partial charge >= 0.3 is 0 Å². The lowest BCUT2D eigenvalue weighted by Gasteiger charge is -2.14. The van der Waals surface area contributed by atoms with E-state index in [2.05, 4.69) is 9.89 Å². The zero-order valence-electron chi connectivity index (χ0n) is 18.3. The van der Waals surface area contributed by atoms with Gasteiger partial charge in [-0.1, -0.05) is 6.08 Å². The molecule has 3 aliphatic rings. The molecule has 4 rings (SSSR count). The van der Waals surface area contributed by atoms with Crippen LogP contribution in [0.2, 0.25) is 0 Å². The van der Waals surface area contributed by atoms with Crippen molar-refractivity contribution in [1.82, 2.24) is 9.80 Å². The molecule has 31 heavy (non-hydrogen) atoms. The molecular formula is C24H26N4O3. The SMILES string of the molecule is CN(C)CCC1=C2C(=O)C=CC=C2N=C1c1ccc(O)c2c1=NC(=O)C=2CCN(C)C. The molecule has 0 radical (unpaired) electrons. The van der Waals surface area contributed by atoms with Crippen molar-refractivity contribution in [3.05, 3.63) is 63.3 Å². The lowest BCUT2D eigenvalue weighted by atomic mass is 9.92. The summed E-state index contributed by atoms with van der Waals surface area (Å²) in [6.07, 6.45) is 6.22. The molecule has 0 unspecified atom stereocenters. The Morgan fingerprint density at radius 1 is 0.935 bits per heavy atom. The largest absolute Gasteiger partial charge is 0.507 e. The summed E-state index contributed by atoms with van der Waals surface area (Å²) in [5.41, 5.74) is 3.94. The number of aromatic hydroxyl groups is 1. The van der Waals surface area contributed by atoms with E-state index in [-0.39, 0.29) is 17.4 Å². The molecular weight excluding hydrogens is 392 g/mol. The first-order valence-corrected chi connectivity index (χ1v) is 10.3. The summed E-state index contributed by atoms with van der Waals surface area (Å²) in [4.78, 5) is 38.4. The Bertz CT molecular complexity index is 1230. The average molecular weight is 418 g/mol. The average Bonchev–Trinajstić information content (AvgIpc) is 3.24. The molecule has 2 aliphatic heterocycles. The highest BCUT2D eigenvalue weighted by Gasteiger charge is 2.31. The van der Waals surface area contributed by atoms with Crippen LogP contribution in [0, 0.1) is 0 Å². The van der Waals surface area contributed by atoms with Crippen LogP contribution in [0.15, 0.2) is 57.2 Å². The Morgan fingerprint density at radius 3 is 2.29 bits per heavy atom. The van der Waals surface area contributed by atoms with Gasteiger partial charge in [-0.3, -0.25) is 9.59 Å². The van der Waals surface area contributed by atoms with Crippen molar-refractivity contribution >= 4 is 23.0 Å². The number of carbonyl (C=O) groups is 2. The molecule has 0 fully saturated rings. The molecule has 0 spiro atoms. The second-order valence-corrected chi connectivity index (χ2v) is 8.45. The number of phenolic OH excluding ortho intramolecular Hbond substituents is 1. The van der Waals surface area contributed by atoms with E-state index in [0.717, 1.165) is 12.1 Å². The zero-order chi connectivity index (χ0) is 22.3. The molecule has 7 nitrogen and oxygen atoms in total. The lowest BCUT2D eigenvalue weighted by molar-refractivity contribution is -0.113. The molecule has 0 saturated carbocycles. The molecule has 1 amide bonds. The number of allylic oxidation sites excluding steroid dienone is 4.